The van der Waals surface area contributed by atoms with Gasteiger partial charge in [-0.15, -0.1) is 0 Å². The first-order chi connectivity index (χ1) is 12.7. The summed E-state index contributed by atoms with van der Waals surface area (Å²) in [7, 11) is 0. The molecule has 1 aliphatic heterocycles. The number of nitrogens with one attached hydrogen (secondary N) is 3. The van der Waals surface area contributed by atoms with Crippen LogP contribution in [0, 0.1) is 6.92 Å². The maximum atomic E-state index is 6.38. The van der Waals surface area contributed by atoms with Crippen LogP contribution in [0.15, 0.2) is 36.7 Å². The Morgan fingerprint density at radius 1 is 1.04 bits per heavy atom. The fraction of sp³-hybridized carbons (Fsp3) is 0.278. The first-order valence-electron chi connectivity index (χ1n) is 8.60. The van der Waals surface area contributed by atoms with E-state index in [4.69, 9.17) is 11.6 Å². The fourth-order valence-electron chi connectivity index (χ4n) is 3.04. The van der Waals surface area contributed by atoms with Gasteiger partial charge in [0.25, 0.3) is 0 Å². The van der Waals surface area contributed by atoms with E-state index in [1.54, 1.807) is 12.4 Å². The summed E-state index contributed by atoms with van der Waals surface area (Å²) >= 11 is 6.38. The van der Waals surface area contributed by atoms with Crippen molar-refractivity contribution in [3.8, 4) is 0 Å². The number of aryl methyl sites for hydroxylation is 1. The van der Waals surface area contributed by atoms with E-state index in [-0.39, 0.29) is 0 Å². The van der Waals surface area contributed by atoms with E-state index in [2.05, 4.69) is 41.8 Å². The molecule has 26 heavy (non-hydrogen) atoms. The molecule has 0 saturated carbocycles. The lowest BCUT2D eigenvalue weighted by atomic mass is 10.2. The van der Waals surface area contributed by atoms with Crippen LogP contribution in [-0.4, -0.2) is 33.3 Å². The zero-order chi connectivity index (χ0) is 17.9. The van der Waals surface area contributed by atoms with Crippen LogP contribution in [0.1, 0.15) is 18.5 Å². The second-order valence-corrected chi connectivity index (χ2v) is 6.74. The van der Waals surface area contributed by atoms with Crippen molar-refractivity contribution in [1.82, 2.24) is 20.2 Å². The number of aromatic amines is 1. The largest absolute Gasteiger partial charge is 0.370 e. The molecule has 3 heterocycles. The third-order valence-electron chi connectivity index (χ3n) is 4.26. The molecule has 0 aliphatic carbocycles. The summed E-state index contributed by atoms with van der Waals surface area (Å²) < 4.78 is 0. The maximum absolute atomic E-state index is 6.38. The van der Waals surface area contributed by atoms with E-state index in [9.17, 15) is 0 Å². The van der Waals surface area contributed by atoms with Crippen LogP contribution in [0.25, 0.3) is 0 Å². The molecule has 0 spiro atoms. The van der Waals surface area contributed by atoms with E-state index in [1.165, 1.54) is 12.8 Å². The van der Waals surface area contributed by atoms with Crippen LogP contribution in [-0.2, 0) is 0 Å². The second kappa shape index (κ2) is 7.21. The van der Waals surface area contributed by atoms with Gasteiger partial charge in [0.05, 0.1) is 23.1 Å². The Morgan fingerprint density at radius 2 is 1.81 bits per heavy atom. The number of aromatic nitrogens is 4. The number of rotatable bonds is 5. The van der Waals surface area contributed by atoms with Gasteiger partial charge >= 0.3 is 0 Å². The first-order valence-corrected chi connectivity index (χ1v) is 8.98. The van der Waals surface area contributed by atoms with Gasteiger partial charge in [-0.05, 0) is 38.0 Å². The Balaban J connectivity index is 1.52. The highest BCUT2D eigenvalue weighted by molar-refractivity contribution is 6.33. The quantitative estimate of drug-likeness (QED) is 0.623. The Hall–Kier alpha value is -2.80. The molecule has 0 amide bonds. The van der Waals surface area contributed by atoms with Crippen LogP contribution in [0.2, 0.25) is 5.02 Å². The molecule has 7 nitrogen and oxygen atoms in total. The van der Waals surface area contributed by atoms with Crippen LogP contribution < -0.4 is 15.5 Å². The van der Waals surface area contributed by atoms with Gasteiger partial charge in [0.2, 0.25) is 0 Å². The normalized spacial score (nSPS) is 13.8. The van der Waals surface area contributed by atoms with Gasteiger partial charge < -0.3 is 15.5 Å². The summed E-state index contributed by atoms with van der Waals surface area (Å²) in [5, 5.41) is 14.2. The smallest absolute Gasteiger partial charge is 0.153 e. The molecule has 1 saturated heterocycles. The summed E-state index contributed by atoms with van der Waals surface area (Å²) in [6.07, 6.45) is 5.76. The molecule has 2 aromatic heterocycles. The fourth-order valence-corrected chi connectivity index (χ4v) is 3.28. The summed E-state index contributed by atoms with van der Waals surface area (Å²) in [5.41, 5.74) is 2.96. The average Bonchev–Trinajstić information content (AvgIpc) is 3.29. The first kappa shape index (κ1) is 16.7. The minimum atomic E-state index is 0.621. The molecule has 1 aromatic carbocycles. The van der Waals surface area contributed by atoms with Crippen molar-refractivity contribution in [2.45, 2.75) is 19.8 Å². The minimum Gasteiger partial charge on any atom is -0.370 e. The summed E-state index contributed by atoms with van der Waals surface area (Å²) in [5.74, 6) is 1.98. The number of benzene rings is 1. The third kappa shape index (κ3) is 3.72. The van der Waals surface area contributed by atoms with Crippen molar-refractivity contribution in [2.24, 2.45) is 0 Å². The van der Waals surface area contributed by atoms with Gasteiger partial charge in [-0.25, -0.2) is 4.98 Å². The van der Waals surface area contributed by atoms with Crippen molar-refractivity contribution >= 4 is 40.4 Å². The topological polar surface area (TPSA) is 81.8 Å². The molecular formula is C18H20ClN7. The highest BCUT2D eigenvalue weighted by Crippen LogP contribution is 2.32. The lowest BCUT2D eigenvalue weighted by Crippen LogP contribution is -2.18. The van der Waals surface area contributed by atoms with E-state index in [1.807, 2.05) is 25.1 Å². The molecule has 8 heteroatoms. The maximum Gasteiger partial charge on any atom is 0.153 e. The highest BCUT2D eigenvalue weighted by Gasteiger charge is 2.15. The van der Waals surface area contributed by atoms with Gasteiger partial charge in [0.1, 0.15) is 0 Å². The predicted octanol–water partition coefficient (Wildman–Crippen LogP) is 4.25. The van der Waals surface area contributed by atoms with Crippen LogP contribution in [0.5, 0.6) is 0 Å². The SMILES string of the molecule is Cc1cc(Nc2cncc(Nc3ccc(Cl)c(N4CCCC4)c3)n2)n[nH]1. The number of halogens is 1. The van der Waals surface area contributed by atoms with Crippen molar-refractivity contribution < 1.29 is 0 Å². The lowest BCUT2D eigenvalue weighted by molar-refractivity contribution is 0.949. The summed E-state index contributed by atoms with van der Waals surface area (Å²) in [6.45, 7) is 4.04. The Labute approximate surface area is 156 Å². The molecule has 0 atom stereocenters. The van der Waals surface area contributed by atoms with E-state index < -0.39 is 0 Å². The van der Waals surface area contributed by atoms with Crippen LogP contribution >= 0.6 is 11.6 Å². The number of anilines is 5. The molecule has 1 fully saturated rings. The summed E-state index contributed by atoms with van der Waals surface area (Å²) in [4.78, 5) is 11.1. The molecule has 0 unspecified atom stereocenters. The minimum absolute atomic E-state index is 0.621. The number of hydrogen-bond donors (Lipinski definition) is 3. The Bertz CT molecular complexity index is 902. The lowest BCUT2D eigenvalue weighted by Gasteiger charge is -2.20. The molecule has 134 valence electrons. The number of H-pyrrole nitrogens is 1. The number of nitrogens with zero attached hydrogens (tertiary/aromatic N) is 4. The molecule has 1 aliphatic rings. The van der Waals surface area contributed by atoms with E-state index in [0.29, 0.717) is 17.5 Å². The van der Waals surface area contributed by atoms with Gasteiger partial charge in [-0.1, -0.05) is 11.6 Å². The van der Waals surface area contributed by atoms with Gasteiger partial charge in [0.15, 0.2) is 17.5 Å². The van der Waals surface area contributed by atoms with Crippen LogP contribution in [0.4, 0.5) is 28.8 Å². The van der Waals surface area contributed by atoms with Crippen molar-refractivity contribution in [3.05, 3.63) is 47.4 Å². The zero-order valence-corrected chi connectivity index (χ0v) is 15.2. The summed E-state index contributed by atoms with van der Waals surface area (Å²) in [6, 6.07) is 7.83. The zero-order valence-electron chi connectivity index (χ0n) is 14.5. The van der Waals surface area contributed by atoms with Gasteiger partial charge in [-0.2, -0.15) is 5.10 Å². The molecular weight excluding hydrogens is 350 g/mol. The Morgan fingerprint density at radius 3 is 2.54 bits per heavy atom. The third-order valence-corrected chi connectivity index (χ3v) is 4.58. The predicted molar refractivity (Wildman–Crippen MR) is 105 cm³/mol. The number of hydrogen-bond acceptors (Lipinski definition) is 6. The van der Waals surface area contributed by atoms with Crippen molar-refractivity contribution in [3.63, 3.8) is 0 Å². The van der Waals surface area contributed by atoms with Crippen molar-refractivity contribution in [1.29, 1.82) is 0 Å². The molecule has 0 bridgehead atoms. The molecule has 3 N–H and O–H groups in total. The molecule has 0 radical (unpaired) electrons. The highest BCUT2D eigenvalue weighted by atomic mass is 35.5. The Kier molecular flexibility index (Phi) is 4.62. The molecule has 3 aromatic rings. The monoisotopic (exact) mass is 369 g/mol. The average molecular weight is 370 g/mol. The van der Waals surface area contributed by atoms with E-state index in [0.717, 1.165) is 35.2 Å². The standard InChI is InChI=1S/C18H20ClN7/c1-12-8-16(25-24-12)22-18-11-20-10-17(23-18)21-13-4-5-14(19)15(9-13)26-6-2-3-7-26/h4-5,8-11H,2-3,6-7H2,1H3,(H3,21,22,23,24,25). The van der Waals surface area contributed by atoms with Crippen molar-refractivity contribution in [2.75, 3.05) is 28.6 Å². The van der Waals surface area contributed by atoms with E-state index >= 15 is 0 Å². The molecule has 4 rings (SSSR count). The second-order valence-electron chi connectivity index (χ2n) is 6.34. The van der Waals surface area contributed by atoms with Crippen LogP contribution in [0.3, 0.4) is 0 Å². The van der Waals surface area contributed by atoms with Gasteiger partial charge in [0, 0.05) is 30.5 Å². The van der Waals surface area contributed by atoms with Gasteiger partial charge in [-0.3, -0.25) is 10.1 Å².